The van der Waals surface area contributed by atoms with E-state index < -0.39 is 0 Å². The summed E-state index contributed by atoms with van der Waals surface area (Å²) in [5.74, 6) is 1.56. The average molecular weight is 338 g/mol. The van der Waals surface area contributed by atoms with Crippen LogP contribution in [0.1, 0.15) is 31.7 Å². The number of hydrogen-bond donors (Lipinski definition) is 0. The maximum Gasteiger partial charge on any atom is 0.161 e. The minimum Gasteiger partial charge on any atom is -0.487 e. The largest absolute Gasteiger partial charge is 0.487 e. The molecule has 136 valence electrons. The topological polar surface area (TPSA) is 46.2 Å². The molecule has 1 aliphatic rings. The van der Waals surface area contributed by atoms with Gasteiger partial charge < -0.3 is 23.7 Å². The highest BCUT2D eigenvalue weighted by Gasteiger charge is 2.08. The first-order chi connectivity index (χ1) is 11.9. The van der Waals surface area contributed by atoms with Gasteiger partial charge in [-0.1, -0.05) is 25.8 Å². The Morgan fingerprint density at radius 1 is 0.708 bits per heavy atom. The summed E-state index contributed by atoms with van der Waals surface area (Å²) in [6, 6.07) is 6.21. The van der Waals surface area contributed by atoms with Crippen molar-refractivity contribution >= 4 is 0 Å². The van der Waals surface area contributed by atoms with Crippen LogP contribution in [0.4, 0.5) is 0 Å². The van der Waals surface area contributed by atoms with Gasteiger partial charge in [0.2, 0.25) is 0 Å². The molecular formula is C19H30O5. The van der Waals surface area contributed by atoms with Gasteiger partial charge in [0.25, 0.3) is 0 Å². The van der Waals surface area contributed by atoms with Crippen LogP contribution >= 0.6 is 0 Å². The summed E-state index contributed by atoms with van der Waals surface area (Å²) < 4.78 is 28.1. The highest BCUT2D eigenvalue weighted by Crippen LogP contribution is 2.29. The fourth-order valence-corrected chi connectivity index (χ4v) is 2.48. The predicted molar refractivity (Wildman–Crippen MR) is 93.1 cm³/mol. The third-order valence-corrected chi connectivity index (χ3v) is 3.79. The third kappa shape index (κ3) is 7.51. The number of aryl methyl sites for hydroxylation is 1. The van der Waals surface area contributed by atoms with E-state index in [0.717, 1.165) is 17.9 Å². The molecule has 0 fully saturated rings. The van der Waals surface area contributed by atoms with Gasteiger partial charge in [-0.15, -0.1) is 0 Å². The zero-order valence-electron chi connectivity index (χ0n) is 14.8. The summed E-state index contributed by atoms with van der Waals surface area (Å²) in [4.78, 5) is 0. The van der Waals surface area contributed by atoms with Gasteiger partial charge in [-0.3, -0.25) is 0 Å². The van der Waals surface area contributed by atoms with E-state index in [0.29, 0.717) is 52.9 Å². The van der Waals surface area contributed by atoms with Gasteiger partial charge in [-0.2, -0.15) is 0 Å². The molecule has 0 saturated carbocycles. The zero-order valence-corrected chi connectivity index (χ0v) is 14.8. The first-order valence-corrected chi connectivity index (χ1v) is 9.02. The van der Waals surface area contributed by atoms with Gasteiger partial charge in [0.1, 0.15) is 13.2 Å². The maximum atomic E-state index is 5.88. The van der Waals surface area contributed by atoms with Crippen LogP contribution in [-0.2, 0) is 20.6 Å². The Kier molecular flexibility index (Phi) is 9.61. The lowest BCUT2D eigenvalue weighted by molar-refractivity contribution is 0.00708. The molecule has 0 bridgehead atoms. The number of fused-ring (bicyclic) bond motifs is 1. The molecule has 0 N–H and O–H groups in total. The van der Waals surface area contributed by atoms with E-state index in [2.05, 4.69) is 19.1 Å². The van der Waals surface area contributed by atoms with Crippen LogP contribution in [0.3, 0.4) is 0 Å². The van der Waals surface area contributed by atoms with Crippen molar-refractivity contribution in [3.63, 3.8) is 0 Å². The Morgan fingerprint density at radius 2 is 1.29 bits per heavy atom. The third-order valence-electron chi connectivity index (χ3n) is 3.79. The maximum absolute atomic E-state index is 5.88. The molecule has 1 heterocycles. The van der Waals surface area contributed by atoms with Gasteiger partial charge >= 0.3 is 0 Å². The molecular weight excluding hydrogens is 308 g/mol. The van der Waals surface area contributed by atoms with Crippen molar-refractivity contribution in [1.29, 1.82) is 0 Å². The van der Waals surface area contributed by atoms with Gasteiger partial charge in [0.05, 0.1) is 39.6 Å². The highest BCUT2D eigenvalue weighted by molar-refractivity contribution is 5.43. The molecule has 0 saturated heterocycles. The molecule has 0 spiro atoms. The Balaban J connectivity index is 1.94. The Labute approximate surface area is 145 Å². The number of benzene rings is 1. The Morgan fingerprint density at radius 3 is 1.92 bits per heavy atom. The first kappa shape index (κ1) is 19.0. The van der Waals surface area contributed by atoms with Crippen molar-refractivity contribution < 1.29 is 23.7 Å². The number of rotatable bonds is 4. The van der Waals surface area contributed by atoms with Crippen molar-refractivity contribution in [3.05, 3.63) is 23.8 Å². The molecule has 5 nitrogen and oxygen atoms in total. The van der Waals surface area contributed by atoms with Gasteiger partial charge in [0, 0.05) is 0 Å². The van der Waals surface area contributed by atoms with Crippen molar-refractivity contribution in [3.8, 4) is 11.5 Å². The van der Waals surface area contributed by atoms with Gasteiger partial charge in [-0.25, -0.2) is 0 Å². The lowest BCUT2D eigenvalue weighted by atomic mass is 10.1. The lowest BCUT2D eigenvalue weighted by Crippen LogP contribution is -2.13. The molecule has 1 aliphatic heterocycles. The minimum atomic E-state index is 0.502. The minimum absolute atomic E-state index is 0.502. The number of hydrogen-bond acceptors (Lipinski definition) is 5. The molecule has 1 aromatic rings. The standard InChI is InChI=1S/C19H30O5/c1-2-3-4-5-17-6-7-18-19(16-17)24-15-13-22-11-9-20-8-10-21-12-14-23-18/h6-7,16H,2-5,8-15H2,1H3. The second kappa shape index (κ2) is 12.1. The van der Waals surface area contributed by atoms with Gasteiger partial charge in [0.15, 0.2) is 11.5 Å². The van der Waals surface area contributed by atoms with Crippen LogP contribution in [0, 0.1) is 0 Å². The first-order valence-electron chi connectivity index (χ1n) is 9.02. The van der Waals surface area contributed by atoms with E-state index >= 15 is 0 Å². The summed E-state index contributed by atoms with van der Waals surface area (Å²) in [5, 5.41) is 0. The van der Waals surface area contributed by atoms with E-state index in [-0.39, 0.29) is 0 Å². The molecule has 0 atom stereocenters. The van der Waals surface area contributed by atoms with Crippen LogP contribution in [0.2, 0.25) is 0 Å². The molecule has 0 unspecified atom stereocenters. The monoisotopic (exact) mass is 338 g/mol. The quantitative estimate of drug-likeness (QED) is 0.789. The highest BCUT2D eigenvalue weighted by atomic mass is 16.6. The van der Waals surface area contributed by atoms with E-state index in [9.17, 15) is 0 Å². The zero-order chi connectivity index (χ0) is 16.9. The summed E-state index contributed by atoms with van der Waals surface area (Å²) in [6.07, 6.45) is 4.75. The molecule has 1 aromatic carbocycles. The summed E-state index contributed by atoms with van der Waals surface area (Å²) in [5.41, 5.74) is 1.29. The average Bonchev–Trinajstić information content (AvgIpc) is 2.61. The van der Waals surface area contributed by atoms with Gasteiger partial charge in [-0.05, 0) is 30.5 Å². The molecule has 24 heavy (non-hydrogen) atoms. The van der Waals surface area contributed by atoms with Crippen molar-refractivity contribution in [2.45, 2.75) is 32.6 Å². The van der Waals surface area contributed by atoms with Crippen molar-refractivity contribution in [1.82, 2.24) is 0 Å². The smallest absolute Gasteiger partial charge is 0.161 e. The molecule has 0 radical (unpaired) electrons. The van der Waals surface area contributed by atoms with E-state index in [1.807, 2.05) is 6.07 Å². The summed E-state index contributed by atoms with van der Waals surface area (Å²) in [6.45, 7) is 6.61. The summed E-state index contributed by atoms with van der Waals surface area (Å²) in [7, 11) is 0. The van der Waals surface area contributed by atoms with Crippen LogP contribution < -0.4 is 9.47 Å². The van der Waals surface area contributed by atoms with E-state index in [1.165, 1.54) is 24.8 Å². The van der Waals surface area contributed by atoms with Crippen LogP contribution in [0.25, 0.3) is 0 Å². The van der Waals surface area contributed by atoms with Crippen LogP contribution in [-0.4, -0.2) is 52.9 Å². The predicted octanol–water partition coefficient (Wildman–Crippen LogP) is 3.24. The molecule has 0 aliphatic carbocycles. The van der Waals surface area contributed by atoms with E-state index in [1.54, 1.807) is 0 Å². The fourth-order valence-electron chi connectivity index (χ4n) is 2.48. The molecule has 2 rings (SSSR count). The Bertz CT molecular complexity index is 449. The fraction of sp³-hybridized carbons (Fsp3) is 0.684. The molecule has 0 amide bonds. The van der Waals surface area contributed by atoms with Crippen LogP contribution in [0.5, 0.6) is 11.5 Å². The Hall–Kier alpha value is -1.30. The second-order valence-electron chi connectivity index (χ2n) is 5.77. The molecule has 5 heteroatoms. The number of ether oxygens (including phenoxy) is 5. The second-order valence-corrected chi connectivity index (χ2v) is 5.77. The number of unbranched alkanes of at least 4 members (excludes halogenated alkanes) is 2. The SMILES string of the molecule is CCCCCc1ccc2c(c1)OCCOCCOCCOCCO2. The summed E-state index contributed by atoms with van der Waals surface area (Å²) >= 11 is 0. The van der Waals surface area contributed by atoms with Crippen molar-refractivity contribution in [2.24, 2.45) is 0 Å². The lowest BCUT2D eigenvalue weighted by Gasteiger charge is -2.14. The van der Waals surface area contributed by atoms with Crippen LogP contribution in [0.15, 0.2) is 18.2 Å². The van der Waals surface area contributed by atoms with E-state index in [4.69, 9.17) is 23.7 Å². The normalized spacial score (nSPS) is 17.7. The van der Waals surface area contributed by atoms with Crippen molar-refractivity contribution in [2.75, 3.05) is 52.9 Å². The molecule has 0 aromatic heterocycles.